The van der Waals surface area contributed by atoms with Crippen LogP contribution in [-0.2, 0) is 4.79 Å². The van der Waals surface area contributed by atoms with Crippen LogP contribution < -0.4 is 14.5 Å². The molecule has 1 aromatic carbocycles. The lowest BCUT2D eigenvalue weighted by Gasteiger charge is -2.28. The molecule has 1 aliphatic heterocycles. The summed E-state index contributed by atoms with van der Waals surface area (Å²) in [4.78, 5) is 15.4. The number of carbonyl (C=O) groups is 1. The fourth-order valence-electron chi connectivity index (χ4n) is 2.09. The van der Waals surface area contributed by atoms with Gasteiger partial charge in [-0.25, -0.2) is 0 Å². The van der Waals surface area contributed by atoms with Crippen LogP contribution in [0.2, 0.25) is 0 Å². The Balaban J connectivity index is 2.13. The summed E-state index contributed by atoms with van der Waals surface area (Å²) >= 11 is 0. The Morgan fingerprint density at radius 3 is 2.95 bits per heavy atom. The highest BCUT2D eigenvalue weighted by molar-refractivity contribution is 5.97. The van der Waals surface area contributed by atoms with E-state index >= 15 is 0 Å². The predicted molar refractivity (Wildman–Crippen MR) is 74.9 cm³/mol. The lowest BCUT2D eigenvalue weighted by atomic mass is 10.2. The van der Waals surface area contributed by atoms with E-state index in [0.717, 1.165) is 36.5 Å². The number of aliphatic hydroxyl groups excluding tert-OH is 1. The summed E-state index contributed by atoms with van der Waals surface area (Å²) in [6.45, 7) is 1.20. The molecule has 0 radical (unpaired) electrons. The first-order chi connectivity index (χ1) is 9.13. The van der Waals surface area contributed by atoms with Crippen molar-refractivity contribution >= 4 is 17.3 Å². The van der Waals surface area contributed by atoms with E-state index in [0.29, 0.717) is 0 Å². The lowest BCUT2D eigenvalue weighted by molar-refractivity contribution is -0.120. The molecule has 0 bridgehead atoms. The van der Waals surface area contributed by atoms with Crippen molar-refractivity contribution in [1.82, 2.24) is 0 Å². The molecule has 0 saturated heterocycles. The van der Waals surface area contributed by atoms with Gasteiger partial charge in [0.05, 0.1) is 5.69 Å². The summed E-state index contributed by atoms with van der Waals surface area (Å²) in [5.41, 5.74) is 1.85. The largest absolute Gasteiger partial charge is 0.482 e. The maximum absolute atomic E-state index is 11.6. The fraction of sp³-hybridized carbons (Fsp3) is 0.500. The Kier molecular flexibility index (Phi) is 4.27. The van der Waals surface area contributed by atoms with E-state index in [2.05, 4.69) is 4.90 Å². The molecule has 0 aromatic heterocycles. The van der Waals surface area contributed by atoms with E-state index in [-0.39, 0.29) is 19.1 Å². The second-order valence-corrected chi connectivity index (χ2v) is 4.75. The Morgan fingerprint density at radius 1 is 1.42 bits per heavy atom. The smallest absolute Gasteiger partial charge is 0.264 e. The molecule has 0 aliphatic carbocycles. The average Bonchev–Trinajstić information content (AvgIpc) is 2.43. The van der Waals surface area contributed by atoms with E-state index in [1.54, 1.807) is 11.9 Å². The van der Waals surface area contributed by atoms with Crippen LogP contribution in [0.4, 0.5) is 11.4 Å². The van der Waals surface area contributed by atoms with E-state index in [9.17, 15) is 4.79 Å². The van der Waals surface area contributed by atoms with Gasteiger partial charge in [0, 0.05) is 32.9 Å². The molecule has 5 nitrogen and oxygen atoms in total. The second-order valence-electron chi connectivity index (χ2n) is 4.75. The number of rotatable bonds is 5. The number of nitrogens with zero attached hydrogens (tertiary/aromatic N) is 2. The molecule has 0 atom stereocenters. The molecular weight excluding hydrogens is 244 g/mol. The fourth-order valence-corrected chi connectivity index (χ4v) is 2.09. The maximum atomic E-state index is 11.6. The van der Waals surface area contributed by atoms with Crippen molar-refractivity contribution in [2.24, 2.45) is 0 Å². The number of carbonyl (C=O) groups excluding carboxylic acids is 1. The van der Waals surface area contributed by atoms with E-state index in [4.69, 9.17) is 9.84 Å². The minimum atomic E-state index is -0.0346. The number of aliphatic hydroxyl groups is 1. The third-order valence-corrected chi connectivity index (χ3v) is 3.37. The molecule has 104 valence electrons. The molecule has 2 rings (SSSR count). The first-order valence-electron chi connectivity index (χ1n) is 6.49. The minimum absolute atomic E-state index is 0.0346. The molecule has 0 saturated carbocycles. The van der Waals surface area contributed by atoms with Gasteiger partial charge in [0.25, 0.3) is 5.91 Å². The van der Waals surface area contributed by atoms with Crippen molar-refractivity contribution in [3.8, 4) is 5.75 Å². The van der Waals surface area contributed by atoms with Gasteiger partial charge in [0.2, 0.25) is 0 Å². The summed E-state index contributed by atoms with van der Waals surface area (Å²) in [6, 6.07) is 5.85. The summed E-state index contributed by atoms with van der Waals surface area (Å²) in [5, 5.41) is 8.79. The quantitative estimate of drug-likeness (QED) is 0.813. The molecule has 1 N–H and O–H groups in total. The third-order valence-electron chi connectivity index (χ3n) is 3.37. The standard InChI is InChI=1S/C14H20N2O3/c1-15(7-3-4-8-17)11-5-6-13-12(9-11)16(2)14(18)10-19-13/h5-6,9,17H,3-4,7-8,10H2,1-2H3. The Labute approximate surface area is 113 Å². The number of likely N-dealkylation sites (N-methyl/N-ethyl adjacent to an activating group) is 1. The van der Waals surface area contributed by atoms with Gasteiger partial charge >= 0.3 is 0 Å². The second kappa shape index (κ2) is 5.93. The SMILES string of the molecule is CN(CCCCO)c1ccc2c(c1)N(C)C(=O)CO2. The molecule has 19 heavy (non-hydrogen) atoms. The van der Waals surface area contributed by atoms with Gasteiger partial charge in [0.1, 0.15) is 5.75 Å². The summed E-state index contributed by atoms with van der Waals surface area (Å²) < 4.78 is 5.40. The Bertz CT molecular complexity index is 462. The van der Waals surface area contributed by atoms with Crippen LogP contribution in [0.25, 0.3) is 0 Å². The highest BCUT2D eigenvalue weighted by Crippen LogP contribution is 2.34. The zero-order chi connectivity index (χ0) is 13.8. The summed E-state index contributed by atoms with van der Waals surface area (Å²) in [5.74, 6) is 0.710. The van der Waals surface area contributed by atoms with Crippen LogP contribution in [0.3, 0.4) is 0 Å². The number of fused-ring (bicyclic) bond motifs is 1. The number of anilines is 2. The van der Waals surface area contributed by atoms with Gasteiger partial charge in [-0.3, -0.25) is 4.79 Å². The monoisotopic (exact) mass is 264 g/mol. The molecule has 0 spiro atoms. The first-order valence-corrected chi connectivity index (χ1v) is 6.49. The van der Waals surface area contributed by atoms with Crippen LogP contribution in [-0.4, -0.2) is 44.9 Å². The molecule has 5 heteroatoms. The highest BCUT2D eigenvalue weighted by atomic mass is 16.5. The van der Waals surface area contributed by atoms with Crippen LogP contribution in [0.5, 0.6) is 5.75 Å². The molecule has 1 amide bonds. The minimum Gasteiger partial charge on any atom is -0.482 e. The van der Waals surface area contributed by atoms with Gasteiger partial charge in [-0.15, -0.1) is 0 Å². The topological polar surface area (TPSA) is 53.0 Å². The van der Waals surface area contributed by atoms with Crippen LogP contribution in [0.1, 0.15) is 12.8 Å². The van der Waals surface area contributed by atoms with Crippen molar-refractivity contribution in [2.45, 2.75) is 12.8 Å². The van der Waals surface area contributed by atoms with Crippen molar-refractivity contribution in [1.29, 1.82) is 0 Å². The molecule has 0 unspecified atom stereocenters. The highest BCUT2D eigenvalue weighted by Gasteiger charge is 2.22. The molecular formula is C14H20N2O3. The zero-order valence-electron chi connectivity index (χ0n) is 11.4. The Morgan fingerprint density at radius 2 is 2.21 bits per heavy atom. The number of hydrogen-bond acceptors (Lipinski definition) is 4. The van der Waals surface area contributed by atoms with E-state index < -0.39 is 0 Å². The molecule has 1 aliphatic rings. The summed E-state index contributed by atoms with van der Waals surface area (Å²) in [6.07, 6.45) is 1.74. The van der Waals surface area contributed by atoms with Crippen LogP contribution in [0, 0.1) is 0 Å². The zero-order valence-corrected chi connectivity index (χ0v) is 11.4. The normalized spacial score (nSPS) is 14.1. The van der Waals surface area contributed by atoms with Crippen molar-refractivity contribution < 1.29 is 14.6 Å². The average molecular weight is 264 g/mol. The number of benzene rings is 1. The number of hydrogen-bond donors (Lipinski definition) is 1. The molecule has 1 aromatic rings. The first kappa shape index (κ1) is 13.7. The maximum Gasteiger partial charge on any atom is 0.264 e. The third kappa shape index (κ3) is 2.98. The van der Waals surface area contributed by atoms with Crippen LogP contribution >= 0.6 is 0 Å². The molecule has 1 heterocycles. The van der Waals surface area contributed by atoms with Gasteiger partial charge in [-0.2, -0.15) is 0 Å². The van der Waals surface area contributed by atoms with Crippen LogP contribution in [0.15, 0.2) is 18.2 Å². The number of amides is 1. The van der Waals surface area contributed by atoms with Crippen molar-refractivity contribution in [3.05, 3.63) is 18.2 Å². The van der Waals surface area contributed by atoms with E-state index in [1.807, 2.05) is 25.2 Å². The van der Waals surface area contributed by atoms with Crippen molar-refractivity contribution in [2.75, 3.05) is 43.7 Å². The van der Waals surface area contributed by atoms with Gasteiger partial charge in [-0.05, 0) is 31.0 Å². The number of unbranched alkanes of at least 4 members (excludes halogenated alkanes) is 1. The van der Waals surface area contributed by atoms with Gasteiger partial charge < -0.3 is 19.6 Å². The van der Waals surface area contributed by atoms with Gasteiger partial charge in [0.15, 0.2) is 6.61 Å². The Hall–Kier alpha value is -1.75. The predicted octanol–water partition coefficient (Wildman–Crippen LogP) is 1.25. The van der Waals surface area contributed by atoms with E-state index in [1.165, 1.54) is 0 Å². The summed E-state index contributed by atoms with van der Waals surface area (Å²) in [7, 11) is 3.77. The molecule has 0 fully saturated rings. The van der Waals surface area contributed by atoms with Crippen molar-refractivity contribution in [3.63, 3.8) is 0 Å². The van der Waals surface area contributed by atoms with Gasteiger partial charge in [-0.1, -0.05) is 0 Å². The lowest BCUT2D eigenvalue weighted by Crippen LogP contribution is -2.35. The number of ether oxygens (including phenoxy) is 1.